The summed E-state index contributed by atoms with van der Waals surface area (Å²) >= 11 is 0. The van der Waals surface area contributed by atoms with E-state index in [9.17, 15) is 4.79 Å². The number of carbonyl (C=O) groups excluding carboxylic acids is 1. The Morgan fingerprint density at radius 2 is 2.23 bits per heavy atom. The van der Waals surface area contributed by atoms with Crippen molar-refractivity contribution in [2.45, 2.75) is 19.5 Å². The van der Waals surface area contributed by atoms with E-state index >= 15 is 0 Å². The van der Waals surface area contributed by atoms with Crippen LogP contribution in [0.3, 0.4) is 0 Å². The average Bonchev–Trinajstić information content (AvgIpc) is 2.53. The molecule has 1 amide bonds. The molecule has 114 valence electrons. The molecule has 1 fully saturated rings. The van der Waals surface area contributed by atoms with Crippen molar-refractivity contribution in [2.24, 2.45) is 10.2 Å². The van der Waals surface area contributed by atoms with E-state index in [1.54, 1.807) is 23.1 Å². The highest BCUT2D eigenvalue weighted by Crippen LogP contribution is 2.21. The summed E-state index contributed by atoms with van der Waals surface area (Å²) in [6, 6.07) is 4.91. The number of piperazine rings is 1. The molecular formula is C13H16N8O. The van der Waals surface area contributed by atoms with E-state index in [2.05, 4.69) is 25.4 Å². The third-order valence-corrected chi connectivity index (χ3v) is 3.46. The van der Waals surface area contributed by atoms with Crippen LogP contribution in [0.15, 0.2) is 28.4 Å². The zero-order valence-corrected chi connectivity index (χ0v) is 12.2. The second-order valence-corrected chi connectivity index (χ2v) is 5.02. The first-order valence-electron chi connectivity index (χ1n) is 6.87. The van der Waals surface area contributed by atoms with Gasteiger partial charge in [0.1, 0.15) is 0 Å². The molecule has 1 aliphatic rings. The Labute approximate surface area is 127 Å². The zero-order valence-electron chi connectivity index (χ0n) is 12.2. The molecule has 0 bridgehead atoms. The number of rotatable bonds is 4. The predicted octanol–water partition coefficient (Wildman–Crippen LogP) is 2.87. The quantitative estimate of drug-likeness (QED) is 0.520. The molecule has 1 heterocycles. The van der Waals surface area contributed by atoms with Crippen molar-refractivity contribution in [3.05, 3.63) is 50.2 Å². The predicted molar refractivity (Wildman–Crippen MR) is 81.5 cm³/mol. The first kappa shape index (κ1) is 15.7. The Kier molecular flexibility index (Phi) is 5.21. The molecule has 1 aliphatic heterocycles. The van der Waals surface area contributed by atoms with E-state index in [1.165, 1.54) is 0 Å². The molecule has 0 unspecified atom stereocenters. The van der Waals surface area contributed by atoms with Gasteiger partial charge in [-0.1, -0.05) is 10.2 Å². The third kappa shape index (κ3) is 3.67. The maximum absolute atomic E-state index is 12.7. The summed E-state index contributed by atoms with van der Waals surface area (Å²) in [4.78, 5) is 19.9. The minimum atomic E-state index is -0.119. The van der Waals surface area contributed by atoms with Gasteiger partial charge in [0, 0.05) is 46.8 Å². The zero-order chi connectivity index (χ0) is 15.9. The molecule has 1 N–H and O–H groups in total. The molecule has 0 aliphatic carbocycles. The van der Waals surface area contributed by atoms with Gasteiger partial charge in [0.15, 0.2) is 0 Å². The molecule has 1 atom stereocenters. The Morgan fingerprint density at radius 1 is 1.41 bits per heavy atom. The Balaban J connectivity index is 2.35. The van der Waals surface area contributed by atoms with Crippen molar-refractivity contribution in [1.82, 2.24) is 10.2 Å². The normalized spacial score (nSPS) is 17.3. The van der Waals surface area contributed by atoms with Crippen LogP contribution in [0.1, 0.15) is 22.8 Å². The minimum Gasteiger partial charge on any atom is -0.333 e. The van der Waals surface area contributed by atoms with Crippen molar-refractivity contribution < 1.29 is 4.79 Å². The first-order valence-corrected chi connectivity index (χ1v) is 6.87. The summed E-state index contributed by atoms with van der Waals surface area (Å²) in [6.07, 6.45) is 0. The van der Waals surface area contributed by atoms with Crippen molar-refractivity contribution in [3.63, 3.8) is 0 Å². The molecule has 2 rings (SSSR count). The van der Waals surface area contributed by atoms with Gasteiger partial charge in [-0.15, -0.1) is 0 Å². The molecule has 0 radical (unpaired) electrons. The molecule has 1 aromatic rings. The highest BCUT2D eigenvalue weighted by atomic mass is 16.2. The standard InChI is InChI=1S/C13H16N8O/c1-9-7-16-2-3-21(9)13(22)11-4-10(8-17-19-14)5-12(6-11)18-20-15/h4-6,9,16H,2-3,7-8H2,1H3/t9-/m1/s1. The Hall–Kier alpha value is -2.73. The van der Waals surface area contributed by atoms with Gasteiger partial charge in [0.2, 0.25) is 0 Å². The van der Waals surface area contributed by atoms with Crippen LogP contribution in [0.4, 0.5) is 5.69 Å². The van der Waals surface area contributed by atoms with Crippen LogP contribution in [0.5, 0.6) is 0 Å². The van der Waals surface area contributed by atoms with Gasteiger partial charge in [-0.25, -0.2) is 0 Å². The van der Waals surface area contributed by atoms with E-state index in [0.29, 0.717) is 23.4 Å². The number of nitrogens with one attached hydrogen (secondary N) is 1. The average molecular weight is 300 g/mol. The van der Waals surface area contributed by atoms with Gasteiger partial charge in [0.05, 0.1) is 6.54 Å². The molecule has 1 saturated heterocycles. The number of carbonyl (C=O) groups is 1. The lowest BCUT2D eigenvalue weighted by Gasteiger charge is -2.34. The summed E-state index contributed by atoms with van der Waals surface area (Å²) in [6.45, 7) is 4.19. The summed E-state index contributed by atoms with van der Waals surface area (Å²) in [5.41, 5.74) is 18.4. The minimum absolute atomic E-state index is 0.0879. The van der Waals surface area contributed by atoms with Crippen LogP contribution in [0.25, 0.3) is 20.9 Å². The fraction of sp³-hybridized carbons (Fsp3) is 0.462. The van der Waals surface area contributed by atoms with Crippen LogP contribution in [0.2, 0.25) is 0 Å². The van der Waals surface area contributed by atoms with Gasteiger partial charge in [-0.2, -0.15) is 0 Å². The molecule has 0 saturated carbocycles. The number of amides is 1. The number of azide groups is 2. The first-order chi connectivity index (χ1) is 10.7. The summed E-state index contributed by atoms with van der Waals surface area (Å²) in [5, 5.41) is 10.3. The monoisotopic (exact) mass is 300 g/mol. The molecule has 9 heteroatoms. The molecular weight excluding hydrogens is 284 g/mol. The largest absolute Gasteiger partial charge is 0.333 e. The van der Waals surface area contributed by atoms with Crippen LogP contribution < -0.4 is 5.32 Å². The second-order valence-electron chi connectivity index (χ2n) is 5.02. The smallest absolute Gasteiger partial charge is 0.254 e. The molecule has 1 aromatic carbocycles. The Bertz CT molecular complexity index is 660. The topological polar surface area (TPSA) is 130 Å². The van der Waals surface area contributed by atoms with Crippen molar-refractivity contribution in [3.8, 4) is 0 Å². The molecule has 0 aromatic heterocycles. The van der Waals surface area contributed by atoms with Crippen molar-refractivity contribution in [2.75, 3.05) is 19.6 Å². The molecule has 9 nitrogen and oxygen atoms in total. The fourth-order valence-electron chi connectivity index (χ4n) is 2.42. The summed E-state index contributed by atoms with van der Waals surface area (Å²) in [5.74, 6) is -0.119. The highest BCUT2D eigenvalue weighted by molar-refractivity contribution is 5.95. The lowest BCUT2D eigenvalue weighted by atomic mass is 10.1. The SMILES string of the molecule is C[C@@H]1CNCCN1C(=O)c1cc(CN=[N+]=[N-])cc(N=[N+]=[N-])c1. The number of benzene rings is 1. The van der Waals surface area contributed by atoms with Crippen LogP contribution in [0, 0.1) is 0 Å². The molecule has 22 heavy (non-hydrogen) atoms. The number of hydrogen-bond donors (Lipinski definition) is 1. The van der Waals surface area contributed by atoms with Crippen LogP contribution in [-0.2, 0) is 6.54 Å². The highest BCUT2D eigenvalue weighted by Gasteiger charge is 2.24. The van der Waals surface area contributed by atoms with Crippen LogP contribution in [-0.4, -0.2) is 36.5 Å². The maximum Gasteiger partial charge on any atom is 0.254 e. The van der Waals surface area contributed by atoms with E-state index < -0.39 is 0 Å². The van der Waals surface area contributed by atoms with Crippen molar-refractivity contribution >= 4 is 11.6 Å². The van der Waals surface area contributed by atoms with E-state index in [-0.39, 0.29) is 18.5 Å². The lowest BCUT2D eigenvalue weighted by Crippen LogP contribution is -2.52. The number of nitrogens with zero attached hydrogens (tertiary/aromatic N) is 7. The summed E-state index contributed by atoms with van der Waals surface area (Å²) < 4.78 is 0. The van der Waals surface area contributed by atoms with E-state index in [4.69, 9.17) is 11.1 Å². The maximum atomic E-state index is 12.7. The van der Waals surface area contributed by atoms with E-state index in [1.807, 2.05) is 6.92 Å². The lowest BCUT2D eigenvalue weighted by molar-refractivity contribution is 0.0655. The number of hydrogen-bond acceptors (Lipinski definition) is 4. The van der Waals surface area contributed by atoms with Gasteiger partial charge < -0.3 is 10.2 Å². The van der Waals surface area contributed by atoms with Gasteiger partial charge >= 0.3 is 0 Å². The fourth-order valence-corrected chi connectivity index (χ4v) is 2.42. The second kappa shape index (κ2) is 7.33. The van der Waals surface area contributed by atoms with Crippen molar-refractivity contribution in [1.29, 1.82) is 0 Å². The molecule has 0 spiro atoms. The third-order valence-electron chi connectivity index (χ3n) is 3.46. The van der Waals surface area contributed by atoms with E-state index in [0.717, 1.165) is 13.1 Å². The van der Waals surface area contributed by atoms with Gasteiger partial charge in [-0.05, 0) is 41.7 Å². The van der Waals surface area contributed by atoms with Gasteiger partial charge in [-0.3, -0.25) is 4.79 Å². The Morgan fingerprint density at radius 3 is 2.91 bits per heavy atom. The summed E-state index contributed by atoms with van der Waals surface area (Å²) in [7, 11) is 0. The van der Waals surface area contributed by atoms with Crippen LogP contribution >= 0.6 is 0 Å². The van der Waals surface area contributed by atoms with Gasteiger partial charge in [0.25, 0.3) is 5.91 Å².